The molecule has 3 aromatic rings. The summed E-state index contributed by atoms with van der Waals surface area (Å²) in [6.07, 6.45) is 1.22. The van der Waals surface area contributed by atoms with Gasteiger partial charge in [0, 0.05) is 24.5 Å². The standard InChI is InChI=1S/C23H26N4O4S/c1-13-14(2)32-21-19(13)20(24-12-15-3-4-17-18(11-15)31-10-9-30-17)25-23(26-21)27-7-5-16(6-8-27)22(28)29/h3-4,11,16H,5-10,12H2,1-2H3,(H,28,29)(H,24,25,26). The normalized spacial score (nSPS) is 16.4. The second-order valence-electron chi connectivity index (χ2n) is 8.27. The molecule has 8 nitrogen and oxygen atoms in total. The van der Waals surface area contributed by atoms with Crippen LogP contribution in [0.2, 0.25) is 0 Å². The second kappa shape index (κ2) is 8.46. The lowest BCUT2D eigenvalue weighted by Gasteiger charge is -2.30. The number of benzene rings is 1. The maximum absolute atomic E-state index is 11.3. The van der Waals surface area contributed by atoms with Gasteiger partial charge in [0.2, 0.25) is 5.95 Å². The van der Waals surface area contributed by atoms with Crippen molar-refractivity contribution in [3.05, 3.63) is 34.2 Å². The summed E-state index contributed by atoms with van der Waals surface area (Å²) in [5, 5.41) is 13.9. The van der Waals surface area contributed by atoms with Gasteiger partial charge in [0.15, 0.2) is 11.5 Å². The molecular formula is C23H26N4O4S. The van der Waals surface area contributed by atoms with E-state index in [-0.39, 0.29) is 5.92 Å². The van der Waals surface area contributed by atoms with E-state index in [0.29, 0.717) is 51.6 Å². The van der Waals surface area contributed by atoms with Gasteiger partial charge in [0.25, 0.3) is 0 Å². The van der Waals surface area contributed by atoms with Crippen LogP contribution in [-0.2, 0) is 11.3 Å². The van der Waals surface area contributed by atoms with Crippen LogP contribution in [0.15, 0.2) is 18.2 Å². The summed E-state index contributed by atoms with van der Waals surface area (Å²) in [4.78, 5) is 25.3. The maximum atomic E-state index is 11.3. The highest BCUT2D eigenvalue weighted by atomic mass is 32.1. The summed E-state index contributed by atoms with van der Waals surface area (Å²) in [5.74, 6) is 2.02. The van der Waals surface area contributed by atoms with Crippen molar-refractivity contribution >= 4 is 39.3 Å². The summed E-state index contributed by atoms with van der Waals surface area (Å²) in [5.41, 5.74) is 2.26. The number of carboxylic acid groups (broad SMARTS) is 1. The van der Waals surface area contributed by atoms with Gasteiger partial charge in [0.1, 0.15) is 23.9 Å². The summed E-state index contributed by atoms with van der Waals surface area (Å²) in [6.45, 7) is 7.23. The molecule has 0 aliphatic carbocycles. The predicted molar refractivity (Wildman–Crippen MR) is 124 cm³/mol. The Morgan fingerprint density at radius 3 is 2.69 bits per heavy atom. The van der Waals surface area contributed by atoms with E-state index in [1.165, 1.54) is 10.4 Å². The number of anilines is 2. The Labute approximate surface area is 190 Å². The molecule has 9 heteroatoms. The number of carboxylic acids is 1. The highest BCUT2D eigenvalue weighted by Gasteiger charge is 2.27. The molecule has 2 aliphatic heterocycles. The van der Waals surface area contributed by atoms with Gasteiger partial charge >= 0.3 is 5.97 Å². The van der Waals surface area contributed by atoms with Crippen LogP contribution in [0.5, 0.6) is 11.5 Å². The van der Waals surface area contributed by atoms with E-state index >= 15 is 0 Å². The fourth-order valence-corrected chi connectivity index (χ4v) is 5.24. The lowest BCUT2D eigenvalue weighted by atomic mass is 9.97. The van der Waals surface area contributed by atoms with E-state index in [9.17, 15) is 9.90 Å². The van der Waals surface area contributed by atoms with Crippen LogP contribution in [-0.4, -0.2) is 47.3 Å². The Balaban J connectivity index is 1.42. The van der Waals surface area contributed by atoms with Gasteiger partial charge in [-0.2, -0.15) is 4.98 Å². The van der Waals surface area contributed by atoms with Crippen molar-refractivity contribution in [2.45, 2.75) is 33.2 Å². The van der Waals surface area contributed by atoms with Gasteiger partial charge in [-0.3, -0.25) is 4.79 Å². The van der Waals surface area contributed by atoms with E-state index in [1.807, 2.05) is 18.2 Å². The van der Waals surface area contributed by atoms with E-state index in [1.54, 1.807) is 11.3 Å². The molecule has 0 unspecified atom stereocenters. The number of nitrogens with one attached hydrogen (secondary N) is 1. The van der Waals surface area contributed by atoms with Crippen molar-refractivity contribution in [3.8, 4) is 11.5 Å². The molecule has 0 bridgehead atoms. The summed E-state index contributed by atoms with van der Waals surface area (Å²) >= 11 is 1.67. The van der Waals surface area contributed by atoms with Gasteiger partial charge in [-0.1, -0.05) is 6.07 Å². The molecule has 0 radical (unpaired) electrons. The quantitative estimate of drug-likeness (QED) is 0.597. The van der Waals surface area contributed by atoms with Gasteiger partial charge in [0.05, 0.1) is 11.3 Å². The van der Waals surface area contributed by atoms with E-state index in [2.05, 4.69) is 24.1 Å². The number of rotatable bonds is 5. The molecule has 2 aliphatic rings. The number of nitrogens with zero attached hydrogens (tertiary/aromatic N) is 3. The van der Waals surface area contributed by atoms with Gasteiger partial charge in [-0.25, -0.2) is 4.98 Å². The number of ether oxygens (including phenoxy) is 2. The lowest BCUT2D eigenvalue weighted by molar-refractivity contribution is -0.142. The molecule has 0 amide bonds. The number of piperidine rings is 1. The zero-order chi connectivity index (χ0) is 22.2. The summed E-state index contributed by atoms with van der Waals surface area (Å²) < 4.78 is 11.3. The minimum atomic E-state index is -0.715. The predicted octanol–water partition coefficient (Wildman–Crippen LogP) is 3.99. The first-order chi connectivity index (χ1) is 15.5. The first-order valence-electron chi connectivity index (χ1n) is 10.9. The second-order valence-corrected chi connectivity index (χ2v) is 9.47. The first-order valence-corrected chi connectivity index (χ1v) is 11.7. The van der Waals surface area contributed by atoms with Gasteiger partial charge in [-0.15, -0.1) is 11.3 Å². The number of thiophene rings is 1. The molecule has 1 fully saturated rings. The Kier molecular flexibility index (Phi) is 5.50. The third-order valence-electron chi connectivity index (χ3n) is 6.21. The maximum Gasteiger partial charge on any atom is 0.306 e. The third-order valence-corrected chi connectivity index (χ3v) is 7.31. The number of aryl methyl sites for hydroxylation is 2. The number of hydrogen-bond acceptors (Lipinski definition) is 8. The Morgan fingerprint density at radius 2 is 1.94 bits per heavy atom. The number of fused-ring (bicyclic) bond motifs is 2. The number of aromatic nitrogens is 2. The van der Waals surface area contributed by atoms with Crippen molar-refractivity contribution in [2.75, 3.05) is 36.5 Å². The van der Waals surface area contributed by atoms with Crippen LogP contribution in [0.1, 0.15) is 28.8 Å². The molecule has 32 heavy (non-hydrogen) atoms. The molecule has 0 spiro atoms. The largest absolute Gasteiger partial charge is 0.486 e. The van der Waals surface area contributed by atoms with Crippen LogP contribution in [0.25, 0.3) is 10.2 Å². The zero-order valence-corrected chi connectivity index (χ0v) is 19.0. The molecule has 0 saturated carbocycles. The fourth-order valence-electron chi connectivity index (χ4n) is 4.22. The molecule has 0 atom stereocenters. The average molecular weight is 455 g/mol. The van der Waals surface area contributed by atoms with E-state index in [0.717, 1.165) is 33.1 Å². The molecular weight excluding hydrogens is 428 g/mol. The SMILES string of the molecule is Cc1sc2nc(N3CCC(C(=O)O)CC3)nc(NCc3ccc4c(c3)OCCO4)c2c1C. The minimum absolute atomic E-state index is 0.283. The van der Waals surface area contributed by atoms with Crippen LogP contribution in [0, 0.1) is 19.8 Å². The Morgan fingerprint density at radius 1 is 1.19 bits per heavy atom. The van der Waals surface area contributed by atoms with Crippen LogP contribution in [0.4, 0.5) is 11.8 Å². The molecule has 1 aromatic carbocycles. The van der Waals surface area contributed by atoms with Crippen molar-refractivity contribution in [3.63, 3.8) is 0 Å². The number of aliphatic carboxylic acids is 1. The van der Waals surface area contributed by atoms with Crippen LogP contribution in [0.3, 0.4) is 0 Å². The Hall–Kier alpha value is -3.07. The number of carbonyl (C=O) groups is 1. The van der Waals surface area contributed by atoms with Crippen LogP contribution >= 0.6 is 11.3 Å². The van der Waals surface area contributed by atoms with Crippen molar-refractivity contribution in [1.82, 2.24) is 9.97 Å². The lowest BCUT2D eigenvalue weighted by Crippen LogP contribution is -2.37. The highest BCUT2D eigenvalue weighted by molar-refractivity contribution is 7.18. The molecule has 2 N–H and O–H groups in total. The molecule has 2 aromatic heterocycles. The third kappa shape index (κ3) is 3.92. The molecule has 168 valence electrons. The van der Waals surface area contributed by atoms with E-state index < -0.39 is 5.97 Å². The smallest absolute Gasteiger partial charge is 0.306 e. The summed E-state index contributed by atoms with van der Waals surface area (Å²) in [6, 6.07) is 5.98. The summed E-state index contributed by atoms with van der Waals surface area (Å²) in [7, 11) is 0. The average Bonchev–Trinajstić information content (AvgIpc) is 3.10. The van der Waals surface area contributed by atoms with E-state index in [4.69, 9.17) is 19.4 Å². The molecule has 4 heterocycles. The first kappa shape index (κ1) is 20.8. The van der Waals surface area contributed by atoms with Gasteiger partial charge < -0.3 is 24.8 Å². The molecule has 1 saturated heterocycles. The van der Waals surface area contributed by atoms with Crippen molar-refractivity contribution in [1.29, 1.82) is 0 Å². The topological polar surface area (TPSA) is 96.8 Å². The zero-order valence-electron chi connectivity index (χ0n) is 18.2. The minimum Gasteiger partial charge on any atom is -0.486 e. The van der Waals surface area contributed by atoms with Crippen molar-refractivity contribution < 1.29 is 19.4 Å². The monoisotopic (exact) mass is 454 g/mol. The number of hydrogen-bond donors (Lipinski definition) is 2. The fraction of sp³-hybridized carbons (Fsp3) is 0.435. The Bertz CT molecular complexity index is 1170. The van der Waals surface area contributed by atoms with Gasteiger partial charge in [-0.05, 0) is 49.9 Å². The molecule has 5 rings (SSSR count). The highest BCUT2D eigenvalue weighted by Crippen LogP contribution is 2.36. The van der Waals surface area contributed by atoms with Crippen molar-refractivity contribution in [2.24, 2.45) is 5.92 Å². The van der Waals surface area contributed by atoms with Crippen LogP contribution < -0.4 is 19.7 Å².